The first kappa shape index (κ1) is 37.6. The van der Waals surface area contributed by atoms with Gasteiger partial charge in [0.15, 0.2) is 0 Å². The van der Waals surface area contributed by atoms with Crippen LogP contribution in [0.15, 0.2) is 107 Å². The lowest BCUT2D eigenvalue weighted by atomic mass is 10.1. The highest BCUT2D eigenvalue weighted by molar-refractivity contribution is 6.55. The van der Waals surface area contributed by atoms with E-state index < -0.39 is 0 Å². The second-order valence-corrected chi connectivity index (χ2v) is 15.7. The number of piperazine rings is 1. The van der Waals surface area contributed by atoms with E-state index in [9.17, 15) is 19.2 Å². The van der Waals surface area contributed by atoms with Crippen molar-refractivity contribution in [2.24, 2.45) is 9.98 Å². The third kappa shape index (κ3) is 7.57. The van der Waals surface area contributed by atoms with Crippen molar-refractivity contribution >= 4 is 57.8 Å². The van der Waals surface area contributed by atoms with Crippen LogP contribution >= 0.6 is 0 Å². The molecule has 5 heterocycles. The number of anilines is 2. The zero-order valence-corrected chi connectivity index (χ0v) is 32.8. The quantitative estimate of drug-likeness (QED) is 0.214. The summed E-state index contributed by atoms with van der Waals surface area (Å²) < 4.78 is 0. The van der Waals surface area contributed by atoms with Gasteiger partial charge in [-0.25, -0.2) is 9.98 Å². The normalized spacial score (nSPS) is 20.3. The third-order valence-corrected chi connectivity index (χ3v) is 11.9. The Morgan fingerprint density at radius 2 is 0.810 bits per heavy atom. The fourth-order valence-electron chi connectivity index (χ4n) is 8.67. The van der Waals surface area contributed by atoms with E-state index in [2.05, 4.69) is 9.80 Å². The molecule has 9 rings (SSSR count). The molecular formula is C46H48N8O4. The zero-order chi connectivity index (χ0) is 39.6. The second-order valence-electron chi connectivity index (χ2n) is 15.7. The van der Waals surface area contributed by atoms with E-state index in [1.165, 1.54) is 12.8 Å². The van der Waals surface area contributed by atoms with Crippen LogP contribution < -0.4 is 9.80 Å². The molecule has 0 N–H and O–H groups in total. The van der Waals surface area contributed by atoms with Crippen molar-refractivity contribution in [1.29, 1.82) is 0 Å². The maximum Gasteiger partial charge on any atom is 0.278 e. The van der Waals surface area contributed by atoms with Crippen LogP contribution in [0.3, 0.4) is 0 Å². The lowest BCUT2D eigenvalue weighted by molar-refractivity contribution is -0.113. The molecule has 0 aromatic heterocycles. The number of hydrogen-bond acceptors (Lipinski definition) is 8. The molecule has 4 amide bonds. The maximum absolute atomic E-state index is 14.0. The molecule has 4 aromatic carbocycles. The number of rotatable bonds is 8. The van der Waals surface area contributed by atoms with E-state index in [0.29, 0.717) is 47.3 Å². The molecule has 0 aliphatic carbocycles. The van der Waals surface area contributed by atoms with Gasteiger partial charge in [-0.05, 0) is 99.2 Å². The van der Waals surface area contributed by atoms with Gasteiger partial charge in [-0.2, -0.15) is 0 Å². The summed E-state index contributed by atoms with van der Waals surface area (Å²) in [5.74, 6) is -0.205. The molecule has 58 heavy (non-hydrogen) atoms. The van der Waals surface area contributed by atoms with Crippen LogP contribution in [0, 0.1) is 0 Å². The van der Waals surface area contributed by atoms with Gasteiger partial charge in [0.05, 0.1) is 36.1 Å². The van der Waals surface area contributed by atoms with Gasteiger partial charge in [0.1, 0.15) is 11.4 Å². The maximum atomic E-state index is 14.0. The summed E-state index contributed by atoms with van der Waals surface area (Å²) in [6.45, 7) is 6.91. The number of hydrogen-bond donors (Lipinski definition) is 0. The Balaban J connectivity index is 0.833. The Hall–Kier alpha value is -5.98. The van der Waals surface area contributed by atoms with Crippen LogP contribution in [0.4, 0.5) is 22.7 Å². The lowest BCUT2D eigenvalue weighted by Gasteiger charge is -2.38. The lowest BCUT2D eigenvalue weighted by Crippen LogP contribution is -2.53. The average Bonchev–Trinajstić information content (AvgIpc) is 3.69. The van der Waals surface area contributed by atoms with Gasteiger partial charge >= 0.3 is 0 Å². The van der Waals surface area contributed by atoms with Gasteiger partial charge in [0.2, 0.25) is 0 Å². The summed E-state index contributed by atoms with van der Waals surface area (Å²) in [5.41, 5.74) is 6.60. The molecule has 0 spiro atoms. The molecule has 0 radical (unpaired) electrons. The van der Waals surface area contributed by atoms with Gasteiger partial charge in [-0.15, -0.1) is 0 Å². The molecule has 5 aliphatic rings. The van der Waals surface area contributed by atoms with Crippen molar-refractivity contribution in [3.05, 3.63) is 119 Å². The van der Waals surface area contributed by atoms with Crippen molar-refractivity contribution in [3.63, 3.8) is 0 Å². The molecule has 12 nitrogen and oxygen atoms in total. The first-order chi connectivity index (χ1) is 28.4. The number of piperidine rings is 2. The Morgan fingerprint density at radius 1 is 0.448 bits per heavy atom. The van der Waals surface area contributed by atoms with E-state index in [1.54, 1.807) is 34.1 Å². The minimum atomic E-state index is -0.147. The Morgan fingerprint density at radius 3 is 1.19 bits per heavy atom. The first-order valence-electron chi connectivity index (χ1n) is 20.6. The minimum Gasteiger partial charge on any atom is -0.339 e. The Kier molecular flexibility index (Phi) is 10.7. The van der Waals surface area contributed by atoms with Crippen molar-refractivity contribution in [2.75, 3.05) is 75.5 Å². The summed E-state index contributed by atoms with van der Waals surface area (Å²) in [7, 11) is 0. The molecule has 4 aromatic rings. The van der Waals surface area contributed by atoms with Gasteiger partial charge in [-0.1, -0.05) is 36.4 Å². The van der Waals surface area contributed by atoms with Crippen LogP contribution in [-0.2, 0) is 9.59 Å². The highest BCUT2D eigenvalue weighted by Gasteiger charge is 2.37. The highest BCUT2D eigenvalue weighted by atomic mass is 16.2. The molecule has 12 heteroatoms. The van der Waals surface area contributed by atoms with Gasteiger partial charge in [-0.3, -0.25) is 38.8 Å². The minimum absolute atomic E-state index is 0.0445. The van der Waals surface area contributed by atoms with Gasteiger partial charge in [0.25, 0.3) is 23.6 Å². The number of amides is 4. The molecule has 3 saturated heterocycles. The molecule has 5 aliphatic heterocycles. The Labute approximate surface area is 339 Å². The van der Waals surface area contributed by atoms with Crippen LogP contribution in [0.25, 0.3) is 0 Å². The number of benzene rings is 4. The van der Waals surface area contributed by atoms with E-state index in [-0.39, 0.29) is 23.6 Å². The molecular weight excluding hydrogens is 729 g/mol. The van der Waals surface area contributed by atoms with E-state index in [4.69, 9.17) is 9.98 Å². The SMILES string of the molecule is O=C(c1ccc(N=C2C(=O)N(CN3CCN(CN4C(=O)C(=Nc5ccc(C(=O)N6CCCCC6)cc5)c5ccccc54)CC3)c3ccccc32)cc1)N1CCCCC1. The Bertz CT molecular complexity index is 2110. The number of para-hydroxylation sites is 2. The fraction of sp³-hybridized carbons (Fsp3) is 0.348. The number of nitrogens with zero attached hydrogens (tertiary/aromatic N) is 8. The fourth-order valence-corrected chi connectivity index (χ4v) is 8.67. The van der Waals surface area contributed by atoms with Crippen LogP contribution in [-0.4, -0.2) is 120 Å². The van der Waals surface area contributed by atoms with Crippen LogP contribution in [0.1, 0.15) is 70.4 Å². The van der Waals surface area contributed by atoms with Crippen molar-refractivity contribution in [1.82, 2.24) is 19.6 Å². The predicted molar refractivity (Wildman–Crippen MR) is 226 cm³/mol. The summed E-state index contributed by atoms with van der Waals surface area (Å²) in [4.78, 5) is 75.5. The molecule has 3 fully saturated rings. The highest BCUT2D eigenvalue weighted by Crippen LogP contribution is 2.33. The molecule has 0 saturated carbocycles. The largest absolute Gasteiger partial charge is 0.339 e. The third-order valence-electron chi connectivity index (χ3n) is 11.9. The van der Waals surface area contributed by atoms with Gasteiger partial charge in [0, 0.05) is 74.6 Å². The smallest absolute Gasteiger partial charge is 0.278 e. The number of carbonyl (C=O) groups is 4. The number of fused-ring (bicyclic) bond motifs is 2. The van der Waals surface area contributed by atoms with E-state index >= 15 is 0 Å². The van der Waals surface area contributed by atoms with Crippen molar-refractivity contribution in [3.8, 4) is 0 Å². The zero-order valence-electron chi connectivity index (χ0n) is 32.8. The topological polar surface area (TPSA) is 112 Å². The number of carbonyl (C=O) groups excluding carboxylic acids is 4. The molecule has 0 unspecified atom stereocenters. The van der Waals surface area contributed by atoms with Crippen molar-refractivity contribution in [2.45, 2.75) is 38.5 Å². The standard InChI is InChI=1S/C46H48N8O4/c55-43(51-23-7-1-8-24-51)33-15-19-35(20-16-33)47-41-37-11-3-5-13-39(37)53(45(41)57)31-49-27-29-50(30-28-49)32-54-40-14-6-4-12-38(40)42(46(54)58)48-36-21-17-34(18-22-36)44(56)52-25-9-2-10-26-52/h3-6,11-22H,1-2,7-10,23-32H2. The van der Waals surface area contributed by atoms with Crippen molar-refractivity contribution < 1.29 is 19.2 Å². The first-order valence-corrected chi connectivity index (χ1v) is 20.6. The van der Waals surface area contributed by atoms with Crippen LogP contribution in [0.5, 0.6) is 0 Å². The second kappa shape index (κ2) is 16.5. The summed E-state index contributed by atoms with van der Waals surface area (Å²) in [6, 6.07) is 30.0. The number of aliphatic imine (C=N–C) groups is 2. The molecule has 296 valence electrons. The average molecular weight is 777 g/mol. The summed E-state index contributed by atoms with van der Waals surface area (Å²) in [6.07, 6.45) is 6.49. The van der Waals surface area contributed by atoms with E-state index in [1.807, 2.05) is 82.6 Å². The predicted octanol–water partition coefficient (Wildman–Crippen LogP) is 6.11. The summed E-state index contributed by atoms with van der Waals surface area (Å²) >= 11 is 0. The molecule has 0 bridgehead atoms. The summed E-state index contributed by atoms with van der Waals surface area (Å²) in [5, 5.41) is 0. The van der Waals surface area contributed by atoms with Crippen LogP contribution in [0.2, 0.25) is 0 Å². The monoisotopic (exact) mass is 776 g/mol. The molecule has 0 atom stereocenters. The van der Waals surface area contributed by atoms with E-state index in [0.717, 1.165) is 101 Å². The number of likely N-dealkylation sites (tertiary alicyclic amines) is 2. The van der Waals surface area contributed by atoms with Gasteiger partial charge < -0.3 is 9.80 Å².